The largest absolute Gasteiger partial charge is 0.392 e. The molecule has 0 aliphatic heterocycles. The monoisotopic (exact) mass is 290 g/mol. The average molecular weight is 291 g/mol. The molecule has 0 saturated carbocycles. The molecule has 15 heavy (non-hydrogen) atoms. The van der Waals surface area contributed by atoms with Crippen LogP contribution in [0, 0.1) is 0 Å². The molecule has 0 aromatic heterocycles. The van der Waals surface area contributed by atoms with Crippen molar-refractivity contribution >= 4 is 27.7 Å². The number of aliphatic hydroxyl groups is 1. The van der Waals surface area contributed by atoms with Crippen molar-refractivity contribution in [2.24, 2.45) is 0 Å². The first-order chi connectivity index (χ1) is 7.27. The first-order valence-corrected chi connectivity index (χ1v) is 6.57. The third-order valence-corrected chi connectivity index (χ3v) is 3.63. The maximum absolute atomic E-state index is 9.16. The SMILES string of the molecule is COCCCSc1cc(Br)ccc1CO. The topological polar surface area (TPSA) is 29.5 Å². The summed E-state index contributed by atoms with van der Waals surface area (Å²) in [6, 6.07) is 5.94. The van der Waals surface area contributed by atoms with Gasteiger partial charge in [-0.15, -0.1) is 11.8 Å². The van der Waals surface area contributed by atoms with Crippen LogP contribution in [0.5, 0.6) is 0 Å². The molecule has 0 unspecified atom stereocenters. The molecule has 4 heteroatoms. The number of ether oxygens (including phenoxy) is 1. The van der Waals surface area contributed by atoms with Crippen LogP contribution in [0.4, 0.5) is 0 Å². The van der Waals surface area contributed by atoms with E-state index in [0.29, 0.717) is 0 Å². The molecule has 0 amide bonds. The molecular weight excluding hydrogens is 276 g/mol. The Bertz CT molecular complexity index is 305. The number of benzene rings is 1. The highest BCUT2D eigenvalue weighted by Crippen LogP contribution is 2.27. The van der Waals surface area contributed by atoms with Crippen molar-refractivity contribution in [2.45, 2.75) is 17.9 Å². The number of aliphatic hydroxyl groups excluding tert-OH is 1. The van der Waals surface area contributed by atoms with Gasteiger partial charge in [0.25, 0.3) is 0 Å². The Balaban J connectivity index is 2.54. The fourth-order valence-electron chi connectivity index (χ4n) is 1.18. The minimum atomic E-state index is 0.0971. The quantitative estimate of drug-likeness (QED) is 0.645. The van der Waals surface area contributed by atoms with E-state index in [4.69, 9.17) is 9.84 Å². The molecule has 2 nitrogen and oxygen atoms in total. The van der Waals surface area contributed by atoms with Crippen molar-refractivity contribution in [1.82, 2.24) is 0 Å². The summed E-state index contributed by atoms with van der Waals surface area (Å²) in [5.41, 5.74) is 0.987. The van der Waals surface area contributed by atoms with Crippen LogP contribution in [0.1, 0.15) is 12.0 Å². The van der Waals surface area contributed by atoms with E-state index >= 15 is 0 Å². The molecule has 1 aromatic rings. The van der Waals surface area contributed by atoms with Gasteiger partial charge < -0.3 is 9.84 Å². The predicted molar refractivity (Wildman–Crippen MR) is 67.3 cm³/mol. The second-order valence-electron chi connectivity index (χ2n) is 3.10. The van der Waals surface area contributed by atoms with E-state index in [0.717, 1.165) is 33.7 Å². The van der Waals surface area contributed by atoms with E-state index in [1.54, 1.807) is 18.9 Å². The zero-order valence-electron chi connectivity index (χ0n) is 8.70. The maximum atomic E-state index is 9.16. The molecule has 0 saturated heterocycles. The van der Waals surface area contributed by atoms with Gasteiger partial charge in [-0.05, 0) is 24.1 Å². The van der Waals surface area contributed by atoms with E-state index < -0.39 is 0 Å². The lowest BCUT2D eigenvalue weighted by atomic mass is 10.2. The van der Waals surface area contributed by atoms with Crippen molar-refractivity contribution in [2.75, 3.05) is 19.5 Å². The number of halogens is 1. The lowest BCUT2D eigenvalue weighted by Gasteiger charge is -2.07. The van der Waals surface area contributed by atoms with Crippen molar-refractivity contribution in [3.05, 3.63) is 28.2 Å². The van der Waals surface area contributed by atoms with Gasteiger partial charge in [0.05, 0.1) is 6.61 Å². The molecule has 0 heterocycles. The molecular formula is C11H15BrO2S. The fourth-order valence-corrected chi connectivity index (χ4v) is 2.70. The van der Waals surface area contributed by atoms with Crippen molar-refractivity contribution < 1.29 is 9.84 Å². The normalized spacial score (nSPS) is 10.6. The van der Waals surface area contributed by atoms with Crippen LogP contribution in [0.2, 0.25) is 0 Å². The molecule has 0 fully saturated rings. The number of rotatable bonds is 6. The number of hydrogen-bond donors (Lipinski definition) is 1. The standard InChI is InChI=1S/C11H15BrO2S/c1-14-5-2-6-15-11-7-10(12)4-3-9(11)8-13/h3-4,7,13H,2,5-6,8H2,1H3. The van der Waals surface area contributed by atoms with E-state index in [2.05, 4.69) is 15.9 Å². The number of thioether (sulfide) groups is 1. The molecule has 1 rings (SSSR count). The predicted octanol–water partition coefficient (Wildman–Crippen LogP) is 3.07. The Kier molecular flexibility index (Phi) is 6.32. The highest BCUT2D eigenvalue weighted by Gasteiger charge is 2.02. The number of hydrogen-bond acceptors (Lipinski definition) is 3. The molecule has 84 valence electrons. The zero-order valence-corrected chi connectivity index (χ0v) is 11.1. The van der Waals surface area contributed by atoms with Gasteiger partial charge in [-0.25, -0.2) is 0 Å². The molecule has 1 aromatic carbocycles. The lowest BCUT2D eigenvalue weighted by Crippen LogP contribution is -1.92. The van der Waals surface area contributed by atoms with E-state index in [1.165, 1.54) is 0 Å². The third-order valence-electron chi connectivity index (χ3n) is 1.95. The first kappa shape index (κ1) is 13.0. The molecule has 0 spiro atoms. The van der Waals surface area contributed by atoms with Gasteiger partial charge in [0.15, 0.2) is 0 Å². The summed E-state index contributed by atoms with van der Waals surface area (Å²) >= 11 is 5.18. The molecule has 0 aliphatic carbocycles. The fraction of sp³-hybridized carbons (Fsp3) is 0.455. The van der Waals surface area contributed by atoms with Gasteiger partial charge in [0.1, 0.15) is 0 Å². The van der Waals surface area contributed by atoms with Gasteiger partial charge >= 0.3 is 0 Å². The van der Waals surface area contributed by atoms with Crippen molar-refractivity contribution in [3.63, 3.8) is 0 Å². The van der Waals surface area contributed by atoms with E-state index in [-0.39, 0.29) is 6.61 Å². The lowest BCUT2D eigenvalue weighted by molar-refractivity contribution is 0.200. The Labute approximate surface area is 103 Å². The highest BCUT2D eigenvalue weighted by atomic mass is 79.9. The number of methoxy groups -OCH3 is 1. The van der Waals surface area contributed by atoms with Crippen LogP contribution in [0.25, 0.3) is 0 Å². The minimum absolute atomic E-state index is 0.0971. The van der Waals surface area contributed by atoms with Crippen molar-refractivity contribution in [3.8, 4) is 0 Å². The van der Waals surface area contributed by atoms with Crippen LogP contribution >= 0.6 is 27.7 Å². The Morgan fingerprint density at radius 3 is 2.93 bits per heavy atom. The second-order valence-corrected chi connectivity index (χ2v) is 5.16. The molecule has 1 N–H and O–H groups in total. The minimum Gasteiger partial charge on any atom is -0.392 e. The Morgan fingerprint density at radius 2 is 2.27 bits per heavy atom. The van der Waals surface area contributed by atoms with Crippen LogP contribution < -0.4 is 0 Å². The summed E-state index contributed by atoms with van der Waals surface area (Å²) in [6.45, 7) is 0.884. The van der Waals surface area contributed by atoms with Gasteiger partial charge in [0.2, 0.25) is 0 Å². The van der Waals surface area contributed by atoms with Gasteiger partial charge in [-0.1, -0.05) is 22.0 Å². The van der Waals surface area contributed by atoms with E-state index in [9.17, 15) is 0 Å². The summed E-state index contributed by atoms with van der Waals surface area (Å²) in [6.07, 6.45) is 1.03. The van der Waals surface area contributed by atoms with Crippen molar-refractivity contribution in [1.29, 1.82) is 0 Å². The summed E-state index contributed by atoms with van der Waals surface area (Å²) in [5.74, 6) is 1.01. The Morgan fingerprint density at radius 1 is 1.47 bits per heavy atom. The zero-order chi connectivity index (χ0) is 11.1. The molecule has 0 bridgehead atoms. The summed E-state index contributed by atoms with van der Waals surface area (Å²) in [4.78, 5) is 1.14. The Hall–Kier alpha value is -0.0300. The summed E-state index contributed by atoms with van der Waals surface area (Å²) in [5, 5.41) is 9.16. The average Bonchev–Trinajstić information content (AvgIpc) is 2.25. The molecule has 0 aliphatic rings. The van der Waals surface area contributed by atoms with E-state index in [1.807, 2.05) is 18.2 Å². The molecule has 0 atom stereocenters. The highest BCUT2D eigenvalue weighted by molar-refractivity contribution is 9.10. The third kappa shape index (κ3) is 4.55. The summed E-state index contributed by atoms with van der Waals surface area (Å²) in [7, 11) is 1.71. The van der Waals surface area contributed by atoms with Gasteiger partial charge in [-0.3, -0.25) is 0 Å². The second kappa shape index (κ2) is 7.28. The van der Waals surface area contributed by atoms with Crippen LogP contribution in [-0.4, -0.2) is 24.6 Å². The summed E-state index contributed by atoms with van der Waals surface area (Å²) < 4.78 is 6.04. The van der Waals surface area contributed by atoms with Gasteiger partial charge in [0, 0.05) is 28.8 Å². The van der Waals surface area contributed by atoms with Crippen LogP contribution in [0.3, 0.4) is 0 Å². The molecule has 0 radical (unpaired) electrons. The van der Waals surface area contributed by atoms with Gasteiger partial charge in [-0.2, -0.15) is 0 Å². The van der Waals surface area contributed by atoms with Crippen LogP contribution in [-0.2, 0) is 11.3 Å². The van der Waals surface area contributed by atoms with Crippen LogP contribution in [0.15, 0.2) is 27.6 Å². The smallest absolute Gasteiger partial charge is 0.0692 e. The first-order valence-electron chi connectivity index (χ1n) is 4.79. The maximum Gasteiger partial charge on any atom is 0.0692 e.